The van der Waals surface area contributed by atoms with Crippen LogP contribution in [0.15, 0.2) is 36.7 Å². The number of aromatic nitrogens is 6. The third-order valence-electron chi connectivity index (χ3n) is 3.68. The van der Waals surface area contributed by atoms with Gasteiger partial charge in [0.1, 0.15) is 0 Å². The summed E-state index contributed by atoms with van der Waals surface area (Å²) in [7, 11) is 0. The molecule has 0 spiro atoms. The smallest absolute Gasteiger partial charge is 0.343 e. The van der Waals surface area contributed by atoms with Gasteiger partial charge in [-0.15, -0.1) is 20.4 Å². The van der Waals surface area contributed by atoms with Crippen LogP contribution in [0.3, 0.4) is 0 Å². The monoisotopic (exact) mass is 389 g/mol. The molecule has 8 nitrogen and oxygen atoms in total. The van der Waals surface area contributed by atoms with Gasteiger partial charge in [0, 0.05) is 29.2 Å². The first-order valence-electron chi connectivity index (χ1n) is 8.20. The molecule has 3 rings (SSSR count). The summed E-state index contributed by atoms with van der Waals surface area (Å²) in [5.41, 5.74) is 2.28. The predicted molar refractivity (Wildman–Crippen MR) is 91.4 cm³/mol. The Kier molecular flexibility index (Phi) is 5.52. The molecule has 3 aromatic heterocycles. The van der Waals surface area contributed by atoms with Crippen molar-refractivity contribution in [1.29, 1.82) is 0 Å². The van der Waals surface area contributed by atoms with Gasteiger partial charge in [-0.25, -0.2) is 0 Å². The van der Waals surface area contributed by atoms with E-state index in [4.69, 9.17) is 0 Å². The summed E-state index contributed by atoms with van der Waals surface area (Å²) < 4.78 is 36.7. The molecule has 0 aromatic carbocycles. The van der Waals surface area contributed by atoms with Crippen molar-refractivity contribution >= 4 is 5.91 Å². The van der Waals surface area contributed by atoms with Gasteiger partial charge in [0.2, 0.25) is 11.6 Å². The normalized spacial score (nSPS) is 11.3. The zero-order valence-corrected chi connectivity index (χ0v) is 14.6. The number of pyridine rings is 2. The molecule has 3 heterocycles. The van der Waals surface area contributed by atoms with Gasteiger partial charge in [0.15, 0.2) is 0 Å². The highest BCUT2D eigenvalue weighted by molar-refractivity contribution is 5.81. The summed E-state index contributed by atoms with van der Waals surface area (Å²) >= 11 is 0. The Bertz CT molecular complexity index is 977. The quantitative estimate of drug-likeness (QED) is 0.712. The summed E-state index contributed by atoms with van der Waals surface area (Å²) in [5, 5.41) is 17.9. The first-order valence-corrected chi connectivity index (χ1v) is 8.20. The molecule has 1 amide bonds. The van der Waals surface area contributed by atoms with Crippen LogP contribution in [0.4, 0.5) is 13.2 Å². The number of nitrogens with one attached hydrogen (secondary N) is 1. The fourth-order valence-electron chi connectivity index (χ4n) is 2.26. The number of amides is 1. The minimum absolute atomic E-state index is 0.180. The summed E-state index contributed by atoms with van der Waals surface area (Å²) in [6, 6.07) is 6.60. The Morgan fingerprint density at radius 1 is 0.929 bits per heavy atom. The highest BCUT2D eigenvalue weighted by Gasteiger charge is 2.38. The fourth-order valence-corrected chi connectivity index (χ4v) is 2.26. The third-order valence-corrected chi connectivity index (χ3v) is 3.68. The molecule has 0 bridgehead atoms. The standard InChI is InChI=1S/C17H14F3N7O/c1-2-12-7-10(3-5-21-12)14-24-26-15(27-25-14)11-4-6-22-13(8-11)9-23-16(28)17(18,19)20/h3-8H,2,9H2,1H3,(H,23,28). The molecule has 0 saturated carbocycles. The highest BCUT2D eigenvalue weighted by Crippen LogP contribution is 2.18. The summed E-state index contributed by atoms with van der Waals surface area (Å²) in [5.74, 6) is -1.53. The Morgan fingerprint density at radius 3 is 1.93 bits per heavy atom. The topological polar surface area (TPSA) is 106 Å². The van der Waals surface area contributed by atoms with Crippen LogP contribution < -0.4 is 5.32 Å². The molecule has 11 heteroatoms. The molecule has 0 aliphatic carbocycles. The van der Waals surface area contributed by atoms with E-state index in [1.165, 1.54) is 12.3 Å². The van der Waals surface area contributed by atoms with Gasteiger partial charge >= 0.3 is 12.1 Å². The lowest BCUT2D eigenvalue weighted by Crippen LogP contribution is -2.36. The number of halogens is 3. The van der Waals surface area contributed by atoms with Crippen LogP contribution in [0, 0.1) is 0 Å². The van der Waals surface area contributed by atoms with E-state index in [0.717, 1.165) is 17.7 Å². The van der Waals surface area contributed by atoms with Crippen molar-refractivity contribution in [3.63, 3.8) is 0 Å². The van der Waals surface area contributed by atoms with Crippen LogP contribution in [0.1, 0.15) is 18.3 Å². The van der Waals surface area contributed by atoms with Crippen molar-refractivity contribution in [2.45, 2.75) is 26.1 Å². The molecule has 28 heavy (non-hydrogen) atoms. The van der Waals surface area contributed by atoms with Gasteiger partial charge in [-0.05, 0) is 30.7 Å². The molecule has 0 saturated heterocycles. The van der Waals surface area contributed by atoms with Crippen molar-refractivity contribution in [1.82, 2.24) is 35.7 Å². The number of hydrogen-bond donors (Lipinski definition) is 1. The van der Waals surface area contributed by atoms with Gasteiger partial charge in [-0.3, -0.25) is 14.8 Å². The van der Waals surface area contributed by atoms with Crippen LogP contribution in [0.2, 0.25) is 0 Å². The maximum absolute atomic E-state index is 12.2. The van der Waals surface area contributed by atoms with Crippen LogP contribution in [0.5, 0.6) is 0 Å². The summed E-state index contributed by atoms with van der Waals surface area (Å²) in [6.07, 6.45) is -1.17. The number of alkyl halides is 3. The lowest BCUT2D eigenvalue weighted by molar-refractivity contribution is -0.173. The fraction of sp³-hybridized carbons (Fsp3) is 0.235. The number of aryl methyl sites for hydroxylation is 1. The Balaban J connectivity index is 1.76. The van der Waals surface area contributed by atoms with E-state index >= 15 is 0 Å². The minimum atomic E-state index is -4.95. The van der Waals surface area contributed by atoms with E-state index in [2.05, 4.69) is 30.4 Å². The molecule has 1 N–H and O–H groups in total. The molecule has 0 atom stereocenters. The lowest BCUT2D eigenvalue weighted by Gasteiger charge is -2.08. The van der Waals surface area contributed by atoms with Crippen LogP contribution in [-0.4, -0.2) is 42.4 Å². The second-order valence-electron chi connectivity index (χ2n) is 5.65. The molecule has 0 aliphatic rings. The Hall–Kier alpha value is -3.50. The average molecular weight is 389 g/mol. The Morgan fingerprint density at radius 2 is 1.43 bits per heavy atom. The van der Waals surface area contributed by atoms with E-state index in [1.54, 1.807) is 23.6 Å². The van der Waals surface area contributed by atoms with Crippen LogP contribution in [0.25, 0.3) is 22.8 Å². The maximum Gasteiger partial charge on any atom is 0.471 e. The van der Waals surface area contributed by atoms with E-state index in [9.17, 15) is 18.0 Å². The number of carbonyl (C=O) groups excluding carboxylic acids is 1. The van der Waals surface area contributed by atoms with Crippen molar-refractivity contribution in [3.05, 3.63) is 48.0 Å². The summed E-state index contributed by atoms with van der Waals surface area (Å²) in [6.45, 7) is 1.59. The van der Waals surface area contributed by atoms with Gasteiger partial charge in [-0.2, -0.15) is 13.2 Å². The maximum atomic E-state index is 12.2. The first-order chi connectivity index (χ1) is 13.4. The van der Waals surface area contributed by atoms with Gasteiger partial charge in [0.05, 0.1) is 12.2 Å². The number of hydrogen-bond acceptors (Lipinski definition) is 7. The molecule has 3 aromatic rings. The van der Waals surface area contributed by atoms with Crippen LogP contribution >= 0.6 is 0 Å². The van der Waals surface area contributed by atoms with E-state index in [0.29, 0.717) is 11.4 Å². The molecule has 0 radical (unpaired) electrons. The van der Waals surface area contributed by atoms with E-state index in [-0.39, 0.29) is 18.1 Å². The molecule has 144 valence electrons. The Labute approximate surface area is 157 Å². The second-order valence-corrected chi connectivity index (χ2v) is 5.65. The van der Waals surface area contributed by atoms with Gasteiger partial charge < -0.3 is 5.32 Å². The first kappa shape index (κ1) is 19.3. The number of carbonyl (C=O) groups is 1. The van der Waals surface area contributed by atoms with Gasteiger partial charge in [0.25, 0.3) is 0 Å². The molecular formula is C17H14F3N7O. The van der Waals surface area contributed by atoms with Gasteiger partial charge in [-0.1, -0.05) is 6.92 Å². The average Bonchev–Trinajstić information content (AvgIpc) is 2.71. The molecule has 0 fully saturated rings. The van der Waals surface area contributed by atoms with Crippen molar-refractivity contribution in [2.75, 3.05) is 0 Å². The van der Waals surface area contributed by atoms with Crippen molar-refractivity contribution in [2.24, 2.45) is 0 Å². The molecule has 0 aliphatic heterocycles. The largest absolute Gasteiger partial charge is 0.471 e. The third kappa shape index (κ3) is 4.61. The molecular weight excluding hydrogens is 375 g/mol. The van der Waals surface area contributed by atoms with E-state index in [1.807, 2.05) is 13.0 Å². The number of nitrogens with zero attached hydrogens (tertiary/aromatic N) is 6. The second kappa shape index (κ2) is 8.03. The van der Waals surface area contributed by atoms with Crippen LogP contribution in [-0.2, 0) is 17.8 Å². The van der Waals surface area contributed by atoms with Crippen molar-refractivity contribution < 1.29 is 18.0 Å². The zero-order chi connectivity index (χ0) is 20.1. The SMILES string of the molecule is CCc1cc(-c2nnc(-c3ccnc(CNC(=O)C(F)(F)F)c3)nn2)ccn1. The zero-order valence-electron chi connectivity index (χ0n) is 14.6. The lowest BCUT2D eigenvalue weighted by atomic mass is 10.2. The molecule has 0 unspecified atom stereocenters. The van der Waals surface area contributed by atoms with Crippen molar-refractivity contribution in [3.8, 4) is 22.8 Å². The highest BCUT2D eigenvalue weighted by atomic mass is 19.4. The minimum Gasteiger partial charge on any atom is -0.343 e. The number of rotatable bonds is 5. The summed E-state index contributed by atoms with van der Waals surface area (Å²) in [4.78, 5) is 19.0. The van der Waals surface area contributed by atoms with E-state index < -0.39 is 12.1 Å². The predicted octanol–water partition coefficient (Wildman–Crippen LogP) is 2.13.